The van der Waals surface area contributed by atoms with Crippen LogP contribution in [0.1, 0.15) is 24.6 Å². The predicted molar refractivity (Wildman–Crippen MR) is 90.0 cm³/mol. The van der Waals surface area contributed by atoms with Crippen LogP contribution in [0.25, 0.3) is 0 Å². The number of aliphatic hydroxyl groups is 1. The fraction of sp³-hybridized carbons (Fsp3) is 0.688. The summed E-state index contributed by atoms with van der Waals surface area (Å²) in [6, 6.07) is 4.05. The van der Waals surface area contributed by atoms with E-state index in [1.54, 1.807) is 11.9 Å². The third kappa shape index (κ3) is 4.97. The number of urea groups is 1. The summed E-state index contributed by atoms with van der Waals surface area (Å²) in [6.45, 7) is 5.80. The summed E-state index contributed by atoms with van der Waals surface area (Å²) in [5.74, 6) is 0.557. The molecule has 0 aliphatic carbocycles. The largest absolute Gasteiger partial charge is 0.394 e. The highest BCUT2D eigenvalue weighted by molar-refractivity contribution is 7.09. The number of aliphatic hydroxyl groups excluding tert-OH is 1. The van der Waals surface area contributed by atoms with Gasteiger partial charge in [-0.2, -0.15) is 0 Å². The standard InChI is InChI=1S/C16H27N3O2S/c1-13(12-20)18(2)16(21)17-10-14-5-7-19(8-6-14)11-15-4-3-9-22-15/h3-4,9,13-14,20H,5-8,10-12H2,1-2H3,(H,17,21). The number of rotatable bonds is 6. The molecule has 2 rings (SSSR count). The summed E-state index contributed by atoms with van der Waals surface area (Å²) >= 11 is 1.81. The van der Waals surface area contributed by atoms with Gasteiger partial charge in [0, 0.05) is 25.0 Å². The maximum atomic E-state index is 12.0. The molecule has 22 heavy (non-hydrogen) atoms. The molecule has 0 bridgehead atoms. The number of carbonyl (C=O) groups is 1. The number of hydrogen-bond donors (Lipinski definition) is 2. The highest BCUT2D eigenvalue weighted by Crippen LogP contribution is 2.20. The van der Waals surface area contributed by atoms with Gasteiger partial charge in [0.15, 0.2) is 0 Å². The minimum atomic E-state index is -0.146. The number of amides is 2. The third-order valence-corrected chi connectivity index (χ3v) is 5.32. The first-order valence-corrected chi connectivity index (χ1v) is 8.84. The van der Waals surface area contributed by atoms with Gasteiger partial charge in [0.2, 0.25) is 0 Å². The van der Waals surface area contributed by atoms with Crippen molar-refractivity contribution < 1.29 is 9.90 Å². The lowest BCUT2D eigenvalue weighted by Crippen LogP contribution is -2.46. The summed E-state index contributed by atoms with van der Waals surface area (Å²) < 4.78 is 0. The Morgan fingerprint density at radius 2 is 2.27 bits per heavy atom. The van der Waals surface area contributed by atoms with E-state index in [1.165, 1.54) is 4.88 Å². The van der Waals surface area contributed by atoms with Gasteiger partial charge in [-0.1, -0.05) is 6.07 Å². The van der Waals surface area contributed by atoms with E-state index >= 15 is 0 Å². The van der Waals surface area contributed by atoms with E-state index in [-0.39, 0.29) is 18.7 Å². The van der Waals surface area contributed by atoms with E-state index in [0.29, 0.717) is 5.92 Å². The molecule has 1 aromatic rings. The molecular weight excluding hydrogens is 298 g/mol. The first-order chi connectivity index (χ1) is 10.6. The lowest BCUT2D eigenvalue weighted by molar-refractivity contribution is 0.150. The average Bonchev–Trinajstić information content (AvgIpc) is 3.05. The number of likely N-dealkylation sites (N-methyl/N-ethyl adjacent to an activating group) is 1. The second kappa shape index (κ2) is 8.50. The van der Waals surface area contributed by atoms with Crippen molar-refractivity contribution in [3.8, 4) is 0 Å². The molecule has 1 aliphatic heterocycles. The number of piperidine rings is 1. The van der Waals surface area contributed by atoms with Crippen LogP contribution in [0.2, 0.25) is 0 Å². The monoisotopic (exact) mass is 325 g/mol. The van der Waals surface area contributed by atoms with E-state index in [4.69, 9.17) is 5.11 Å². The van der Waals surface area contributed by atoms with Crippen molar-refractivity contribution >= 4 is 17.4 Å². The lowest BCUT2D eigenvalue weighted by Gasteiger charge is -2.32. The first-order valence-electron chi connectivity index (χ1n) is 7.96. The van der Waals surface area contributed by atoms with Gasteiger partial charge in [-0.05, 0) is 50.2 Å². The van der Waals surface area contributed by atoms with Gasteiger partial charge in [-0.3, -0.25) is 4.90 Å². The van der Waals surface area contributed by atoms with Crippen LogP contribution in [0, 0.1) is 5.92 Å². The molecule has 124 valence electrons. The Hall–Kier alpha value is -1.11. The van der Waals surface area contributed by atoms with Gasteiger partial charge in [0.1, 0.15) is 0 Å². The summed E-state index contributed by atoms with van der Waals surface area (Å²) in [7, 11) is 1.72. The van der Waals surface area contributed by atoms with Crippen molar-refractivity contribution in [1.82, 2.24) is 15.1 Å². The normalized spacial score (nSPS) is 18.1. The second-order valence-corrected chi connectivity index (χ2v) is 7.16. The Labute approximate surface area is 136 Å². The van der Waals surface area contributed by atoms with Crippen LogP contribution < -0.4 is 5.32 Å². The minimum absolute atomic E-state index is 0.00890. The number of nitrogens with zero attached hydrogens (tertiary/aromatic N) is 2. The smallest absolute Gasteiger partial charge is 0.317 e. The maximum Gasteiger partial charge on any atom is 0.317 e. The fourth-order valence-electron chi connectivity index (χ4n) is 2.65. The quantitative estimate of drug-likeness (QED) is 0.841. The van der Waals surface area contributed by atoms with Crippen LogP contribution in [0.15, 0.2) is 17.5 Å². The molecular formula is C16H27N3O2S. The molecule has 2 heterocycles. The zero-order valence-corrected chi connectivity index (χ0v) is 14.3. The Kier molecular flexibility index (Phi) is 6.67. The summed E-state index contributed by atoms with van der Waals surface area (Å²) in [4.78, 5) is 17.4. The molecule has 1 aliphatic rings. The second-order valence-electron chi connectivity index (χ2n) is 6.13. The maximum absolute atomic E-state index is 12.0. The molecule has 2 N–H and O–H groups in total. The Balaban J connectivity index is 1.66. The Bertz CT molecular complexity index is 444. The molecule has 0 saturated carbocycles. The van der Waals surface area contributed by atoms with Crippen molar-refractivity contribution in [1.29, 1.82) is 0 Å². The molecule has 2 amide bonds. The topological polar surface area (TPSA) is 55.8 Å². The van der Waals surface area contributed by atoms with Crippen LogP contribution in [0.5, 0.6) is 0 Å². The molecule has 1 aromatic heterocycles. The first kappa shape index (κ1) is 17.2. The molecule has 0 spiro atoms. The van der Waals surface area contributed by atoms with Crippen molar-refractivity contribution in [2.45, 2.75) is 32.4 Å². The van der Waals surface area contributed by atoms with Crippen molar-refractivity contribution in [2.24, 2.45) is 5.92 Å². The Morgan fingerprint density at radius 3 is 2.86 bits per heavy atom. The number of carbonyl (C=O) groups excluding carboxylic acids is 1. The minimum Gasteiger partial charge on any atom is -0.394 e. The number of likely N-dealkylation sites (tertiary alicyclic amines) is 1. The van der Waals surface area contributed by atoms with Crippen LogP contribution in [0.4, 0.5) is 4.79 Å². The number of thiophene rings is 1. The van der Waals surface area contributed by atoms with E-state index in [9.17, 15) is 4.79 Å². The van der Waals surface area contributed by atoms with E-state index in [2.05, 4.69) is 27.7 Å². The van der Waals surface area contributed by atoms with Gasteiger partial charge in [-0.15, -0.1) is 11.3 Å². The summed E-state index contributed by atoms with van der Waals surface area (Å²) in [6.07, 6.45) is 2.26. The van der Waals surface area contributed by atoms with Gasteiger partial charge in [-0.25, -0.2) is 4.79 Å². The van der Waals surface area contributed by atoms with Crippen LogP contribution in [0.3, 0.4) is 0 Å². The molecule has 0 radical (unpaired) electrons. The molecule has 6 heteroatoms. The molecule has 1 saturated heterocycles. The molecule has 1 fully saturated rings. The van der Waals surface area contributed by atoms with E-state index in [1.807, 2.05) is 18.3 Å². The number of hydrogen-bond acceptors (Lipinski definition) is 4. The average molecular weight is 325 g/mol. The van der Waals surface area contributed by atoms with Crippen molar-refractivity contribution in [2.75, 3.05) is 33.3 Å². The molecule has 0 aromatic carbocycles. The van der Waals surface area contributed by atoms with Crippen molar-refractivity contribution in [3.05, 3.63) is 22.4 Å². The molecule has 1 unspecified atom stereocenters. The van der Waals surface area contributed by atoms with Crippen molar-refractivity contribution in [3.63, 3.8) is 0 Å². The highest BCUT2D eigenvalue weighted by atomic mass is 32.1. The third-order valence-electron chi connectivity index (χ3n) is 4.45. The highest BCUT2D eigenvalue weighted by Gasteiger charge is 2.21. The zero-order valence-electron chi connectivity index (χ0n) is 13.5. The molecule has 5 nitrogen and oxygen atoms in total. The summed E-state index contributed by atoms with van der Waals surface area (Å²) in [5, 5.41) is 14.2. The fourth-order valence-corrected chi connectivity index (χ4v) is 3.40. The SMILES string of the molecule is CC(CO)N(C)C(=O)NCC1CCN(Cc2cccs2)CC1. The van der Waals surface area contributed by atoms with Crippen LogP contribution >= 0.6 is 11.3 Å². The van der Waals surface area contributed by atoms with Gasteiger partial charge < -0.3 is 15.3 Å². The number of nitrogens with one attached hydrogen (secondary N) is 1. The van der Waals surface area contributed by atoms with E-state index in [0.717, 1.165) is 39.0 Å². The molecule has 1 atom stereocenters. The zero-order chi connectivity index (χ0) is 15.9. The van der Waals surface area contributed by atoms with Crippen LogP contribution in [-0.2, 0) is 6.54 Å². The lowest BCUT2D eigenvalue weighted by atomic mass is 9.97. The summed E-state index contributed by atoms with van der Waals surface area (Å²) in [5.41, 5.74) is 0. The van der Waals surface area contributed by atoms with Gasteiger partial charge in [0.05, 0.1) is 12.6 Å². The predicted octanol–water partition coefficient (Wildman–Crippen LogP) is 1.98. The van der Waals surface area contributed by atoms with Gasteiger partial charge >= 0.3 is 6.03 Å². The van der Waals surface area contributed by atoms with Gasteiger partial charge in [0.25, 0.3) is 0 Å². The van der Waals surface area contributed by atoms with E-state index < -0.39 is 0 Å². The van der Waals surface area contributed by atoms with Crippen LogP contribution in [-0.4, -0.2) is 60.3 Å². The Morgan fingerprint density at radius 1 is 1.55 bits per heavy atom.